The Kier molecular flexibility index (Phi) is 4.66. The SMILES string of the molecule is O=C(CN1N=NC2C(=O)N(c3ccc([N+](=O)[O-])cc3)C(=O)C21)Nc1cccc(F)c1. The number of nitro groups is 1. The van der Waals surface area contributed by atoms with E-state index in [0.29, 0.717) is 0 Å². The van der Waals surface area contributed by atoms with Crippen LogP contribution < -0.4 is 10.2 Å². The van der Waals surface area contributed by atoms with Crippen molar-refractivity contribution in [2.75, 3.05) is 16.8 Å². The molecule has 0 aromatic heterocycles. The molecule has 11 nitrogen and oxygen atoms in total. The lowest BCUT2D eigenvalue weighted by molar-refractivity contribution is -0.384. The molecule has 4 rings (SSSR count). The number of hydrogen-bond acceptors (Lipinski definition) is 8. The van der Waals surface area contributed by atoms with Crippen LogP contribution in [0.4, 0.5) is 21.5 Å². The van der Waals surface area contributed by atoms with Gasteiger partial charge in [0, 0.05) is 17.8 Å². The first-order chi connectivity index (χ1) is 14.3. The van der Waals surface area contributed by atoms with Crippen LogP contribution in [0.15, 0.2) is 58.9 Å². The van der Waals surface area contributed by atoms with Crippen LogP contribution >= 0.6 is 0 Å². The van der Waals surface area contributed by atoms with Crippen LogP contribution in [0.2, 0.25) is 0 Å². The Labute approximate surface area is 167 Å². The first-order valence-corrected chi connectivity index (χ1v) is 8.70. The summed E-state index contributed by atoms with van der Waals surface area (Å²) < 4.78 is 13.2. The summed E-state index contributed by atoms with van der Waals surface area (Å²) in [7, 11) is 0. The summed E-state index contributed by atoms with van der Waals surface area (Å²) in [5.41, 5.74) is 0.201. The number of nitrogens with zero attached hydrogens (tertiary/aromatic N) is 5. The van der Waals surface area contributed by atoms with E-state index in [1.165, 1.54) is 42.5 Å². The lowest BCUT2D eigenvalue weighted by atomic mass is 10.1. The Morgan fingerprint density at radius 3 is 2.57 bits per heavy atom. The summed E-state index contributed by atoms with van der Waals surface area (Å²) in [6.45, 7) is -0.381. The number of carbonyl (C=O) groups excluding carboxylic acids is 3. The molecule has 2 atom stereocenters. The predicted molar refractivity (Wildman–Crippen MR) is 99.8 cm³/mol. The molecule has 12 heteroatoms. The number of fused-ring (bicyclic) bond motifs is 1. The minimum atomic E-state index is -1.12. The maximum Gasteiger partial charge on any atom is 0.269 e. The van der Waals surface area contributed by atoms with Crippen molar-refractivity contribution in [2.45, 2.75) is 12.1 Å². The van der Waals surface area contributed by atoms with Crippen LogP contribution in [0.25, 0.3) is 0 Å². The van der Waals surface area contributed by atoms with Gasteiger partial charge in [0.2, 0.25) is 5.91 Å². The molecule has 2 aliphatic heterocycles. The van der Waals surface area contributed by atoms with Crippen molar-refractivity contribution in [2.24, 2.45) is 10.3 Å². The third kappa shape index (κ3) is 3.34. The van der Waals surface area contributed by atoms with E-state index >= 15 is 0 Å². The number of anilines is 2. The smallest absolute Gasteiger partial charge is 0.269 e. The minimum Gasteiger partial charge on any atom is -0.324 e. The number of benzene rings is 2. The molecule has 2 aromatic rings. The van der Waals surface area contributed by atoms with Gasteiger partial charge in [-0.3, -0.25) is 29.5 Å². The second-order valence-electron chi connectivity index (χ2n) is 6.54. The van der Waals surface area contributed by atoms with Gasteiger partial charge in [-0.15, -0.1) is 0 Å². The average Bonchev–Trinajstić information content (AvgIpc) is 3.21. The van der Waals surface area contributed by atoms with E-state index < -0.39 is 40.5 Å². The highest BCUT2D eigenvalue weighted by Crippen LogP contribution is 2.32. The quantitative estimate of drug-likeness (QED) is 0.450. The summed E-state index contributed by atoms with van der Waals surface area (Å²) in [6.07, 6.45) is 0. The van der Waals surface area contributed by atoms with Crippen LogP contribution in [0.3, 0.4) is 0 Å². The zero-order valence-electron chi connectivity index (χ0n) is 15.1. The van der Waals surface area contributed by atoms with Crippen LogP contribution in [0, 0.1) is 15.9 Å². The van der Waals surface area contributed by atoms with E-state index in [9.17, 15) is 28.9 Å². The van der Waals surface area contributed by atoms with E-state index in [2.05, 4.69) is 15.7 Å². The molecular weight excluding hydrogens is 399 g/mol. The number of rotatable bonds is 5. The van der Waals surface area contributed by atoms with Crippen molar-refractivity contribution in [3.05, 3.63) is 64.5 Å². The Bertz CT molecular complexity index is 1090. The van der Waals surface area contributed by atoms with Gasteiger partial charge in [0.15, 0.2) is 12.1 Å². The Hall–Kier alpha value is -4.22. The van der Waals surface area contributed by atoms with E-state index in [1.807, 2.05) is 0 Å². The molecule has 0 aliphatic carbocycles. The van der Waals surface area contributed by atoms with Gasteiger partial charge in [0.05, 0.1) is 10.6 Å². The molecule has 2 heterocycles. The van der Waals surface area contributed by atoms with Gasteiger partial charge >= 0.3 is 0 Å². The molecule has 0 saturated carbocycles. The van der Waals surface area contributed by atoms with Crippen molar-refractivity contribution in [1.82, 2.24) is 5.01 Å². The van der Waals surface area contributed by atoms with Crippen LogP contribution in [-0.2, 0) is 14.4 Å². The van der Waals surface area contributed by atoms with Crippen LogP contribution in [0.1, 0.15) is 0 Å². The highest BCUT2D eigenvalue weighted by molar-refractivity contribution is 6.25. The highest BCUT2D eigenvalue weighted by Gasteiger charge is 2.55. The third-order valence-corrected chi connectivity index (χ3v) is 4.59. The first-order valence-electron chi connectivity index (χ1n) is 8.70. The molecule has 0 spiro atoms. The van der Waals surface area contributed by atoms with Gasteiger partial charge in [-0.05, 0) is 30.3 Å². The van der Waals surface area contributed by atoms with Gasteiger partial charge in [0.1, 0.15) is 12.4 Å². The monoisotopic (exact) mass is 412 g/mol. The average molecular weight is 412 g/mol. The number of non-ortho nitro benzene ring substituents is 1. The normalized spacial score (nSPS) is 19.9. The van der Waals surface area contributed by atoms with Crippen LogP contribution in [0.5, 0.6) is 0 Å². The molecule has 3 amide bonds. The topological polar surface area (TPSA) is 138 Å². The van der Waals surface area contributed by atoms with Gasteiger partial charge in [-0.25, -0.2) is 9.29 Å². The lowest BCUT2D eigenvalue weighted by Crippen LogP contribution is -2.43. The molecule has 2 aliphatic rings. The molecule has 2 aromatic carbocycles. The third-order valence-electron chi connectivity index (χ3n) is 4.59. The fraction of sp³-hybridized carbons (Fsp3) is 0.167. The number of hydrogen-bond donors (Lipinski definition) is 1. The zero-order chi connectivity index (χ0) is 21.4. The Morgan fingerprint density at radius 2 is 1.90 bits per heavy atom. The number of nitro benzene ring substituents is 1. The summed E-state index contributed by atoms with van der Waals surface area (Å²) in [6, 6.07) is 7.98. The molecule has 30 heavy (non-hydrogen) atoms. The first kappa shape index (κ1) is 19.1. The minimum absolute atomic E-state index is 0.157. The summed E-state index contributed by atoms with van der Waals surface area (Å²) >= 11 is 0. The van der Waals surface area contributed by atoms with Crippen LogP contribution in [-0.4, -0.2) is 46.3 Å². The van der Waals surface area contributed by atoms with Gasteiger partial charge in [-0.2, -0.15) is 5.11 Å². The standard InChI is InChI=1S/C18H13FN6O5/c19-10-2-1-3-11(8-10)20-14(26)9-23-16-15(21-22-23)17(27)24(18(16)28)12-4-6-13(7-5-12)25(29)30/h1-8,15-16H,9H2,(H,20,26). The van der Waals surface area contributed by atoms with Crippen molar-refractivity contribution in [3.63, 3.8) is 0 Å². The second-order valence-corrected chi connectivity index (χ2v) is 6.54. The van der Waals surface area contributed by atoms with Crippen molar-refractivity contribution >= 4 is 34.8 Å². The maximum atomic E-state index is 13.2. The molecule has 1 saturated heterocycles. The molecule has 2 unspecified atom stereocenters. The maximum absolute atomic E-state index is 13.2. The molecule has 1 N–H and O–H groups in total. The fourth-order valence-electron chi connectivity index (χ4n) is 3.25. The summed E-state index contributed by atoms with van der Waals surface area (Å²) in [4.78, 5) is 48.8. The van der Waals surface area contributed by atoms with Crippen molar-refractivity contribution in [3.8, 4) is 0 Å². The van der Waals surface area contributed by atoms with Gasteiger partial charge in [-0.1, -0.05) is 11.3 Å². The van der Waals surface area contributed by atoms with Gasteiger partial charge in [0.25, 0.3) is 17.5 Å². The van der Waals surface area contributed by atoms with Crippen molar-refractivity contribution in [1.29, 1.82) is 0 Å². The zero-order valence-corrected chi connectivity index (χ0v) is 15.1. The number of carbonyl (C=O) groups is 3. The number of halogens is 1. The number of amides is 3. The summed E-state index contributed by atoms with van der Waals surface area (Å²) in [5, 5.41) is 21.9. The highest BCUT2D eigenvalue weighted by atomic mass is 19.1. The largest absolute Gasteiger partial charge is 0.324 e. The van der Waals surface area contributed by atoms with E-state index in [-0.39, 0.29) is 23.6 Å². The molecule has 152 valence electrons. The van der Waals surface area contributed by atoms with Crippen molar-refractivity contribution < 1.29 is 23.7 Å². The Balaban J connectivity index is 1.48. The van der Waals surface area contributed by atoms with E-state index in [4.69, 9.17) is 0 Å². The lowest BCUT2D eigenvalue weighted by Gasteiger charge is -2.20. The predicted octanol–water partition coefficient (Wildman–Crippen LogP) is 1.67. The van der Waals surface area contributed by atoms with E-state index in [1.54, 1.807) is 0 Å². The summed E-state index contributed by atoms with van der Waals surface area (Å²) in [5.74, 6) is -2.39. The van der Waals surface area contributed by atoms with E-state index in [0.717, 1.165) is 16.0 Å². The second kappa shape index (κ2) is 7.31. The fourth-order valence-corrected chi connectivity index (χ4v) is 3.25. The number of nitrogens with one attached hydrogen (secondary N) is 1. The molecule has 0 radical (unpaired) electrons. The molecular formula is C18H13FN6O5. The Morgan fingerprint density at radius 1 is 1.17 bits per heavy atom. The number of imide groups is 1. The molecule has 0 bridgehead atoms. The molecule has 1 fully saturated rings. The van der Waals surface area contributed by atoms with Gasteiger partial charge < -0.3 is 5.32 Å².